The van der Waals surface area contributed by atoms with E-state index in [9.17, 15) is 13.6 Å². The summed E-state index contributed by atoms with van der Waals surface area (Å²) in [7, 11) is 0. The lowest BCUT2D eigenvalue weighted by atomic mass is 10.1. The average molecular weight is 371 g/mol. The van der Waals surface area contributed by atoms with Crippen LogP contribution in [0.2, 0.25) is 0 Å². The number of aromatic nitrogens is 2. The zero-order valence-electron chi connectivity index (χ0n) is 14.4. The standard InChI is InChI=1S/C19H15F2N3O3/c1-2-7-24-15-9-11(4-6-16(15)26-10-17(24)25)18-22-19(27-23-18)12-3-5-13(20)14(21)8-12/h3-6,8-9H,2,7,10H2,1H3. The lowest BCUT2D eigenvalue weighted by Gasteiger charge is -2.29. The number of fused-ring (bicyclic) bond motifs is 1. The highest BCUT2D eigenvalue weighted by atomic mass is 19.2. The van der Waals surface area contributed by atoms with Gasteiger partial charge in [-0.3, -0.25) is 4.79 Å². The maximum absolute atomic E-state index is 13.4. The van der Waals surface area contributed by atoms with Crippen molar-refractivity contribution in [2.45, 2.75) is 13.3 Å². The van der Waals surface area contributed by atoms with Crippen molar-refractivity contribution >= 4 is 11.6 Å². The van der Waals surface area contributed by atoms with Crippen LogP contribution in [-0.2, 0) is 4.79 Å². The Morgan fingerprint density at radius 1 is 1.11 bits per heavy atom. The summed E-state index contributed by atoms with van der Waals surface area (Å²) >= 11 is 0. The van der Waals surface area contributed by atoms with E-state index in [-0.39, 0.29) is 29.8 Å². The highest BCUT2D eigenvalue weighted by Gasteiger charge is 2.26. The Kier molecular flexibility index (Phi) is 4.31. The summed E-state index contributed by atoms with van der Waals surface area (Å²) in [5, 5.41) is 3.91. The molecule has 0 N–H and O–H groups in total. The second kappa shape index (κ2) is 6.79. The van der Waals surface area contributed by atoms with Gasteiger partial charge in [0.25, 0.3) is 11.8 Å². The monoisotopic (exact) mass is 371 g/mol. The van der Waals surface area contributed by atoms with Gasteiger partial charge in [0.1, 0.15) is 5.75 Å². The highest BCUT2D eigenvalue weighted by molar-refractivity contribution is 5.98. The number of anilines is 1. The number of halogens is 2. The fourth-order valence-corrected chi connectivity index (χ4v) is 2.90. The molecule has 0 aliphatic carbocycles. The fourth-order valence-electron chi connectivity index (χ4n) is 2.90. The molecule has 3 aromatic rings. The van der Waals surface area contributed by atoms with Crippen LogP contribution in [0, 0.1) is 11.6 Å². The largest absolute Gasteiger partial charge is 0.482 e. The van der Waals surface area contributed by atoms with Crippen molar-refractivity contribution < 1.29 is 22.8 Å². The van der Waals surface area contributed by atoms with Crippen molar-refractivity contribution in [3.05, 3.63) is 48.0 Å². The number of ether oxygens (including phenoxy) is 1. The van der Waals surface area contributed by atoms with Crippen LogP contribution in [0.3, 0.4) is 0 Å². The Balaban J connectivity index is 1.70. The van der Waals surface area contributed by atoms with Crippen molar-refractivity contribution in [2.75, 3.05) is 18.1 Å². The van der Waals surface area contributed by atoms with Crippen LogP contribution in [0.15, 0.2) is 40.9 Å². The second-order valence-corrected chi connectivity index (χ2v) is 6.07. The number of amides is 1. The summed E-state index contributed by atoms with van der Waals surface area (Å²) in [4.78, 5) is 18.0. The summed E-state index contributed by atoms with van der Waals surface area (Å²) < 4.78 is 37.2. The summed E-state index contributed by atoms with van der Waals surface area (Å²) in [6.07, 6.45) is 0.803. The van der Waals surface area contributed by atoms with Gasteiger partial charge < -0.3 is 14.2 Å². The smallest absolute Gasteiger partial charge is 0.265 e. The zero-order valence-corrected chi connectivity index (χ0v) is 14.4. The Morgan fingerprint density at radius 2 is 1.93 bits per heavy atom. The number of hydrogen-bond donors (Lipinski definition) is 0. The Hall–Kier alpha value is -3.29. The summed E-state index contributed by atoms with van der Waals surface area (Å²) in [5.74, 6) is -1.11. The van der Waals surface area contributed by atoms with Crippen molar-refractivity contribution in [1.29, 1.82) is 0 Å². The minimum Gasteiger partial charge on any atom is -0.482 e. The third-order valence-corrected chi connectivity index (χ3v) is 4.20. The van der Waals surface area contributed by atoms with Crippen LogP contribution >= 0.6 is 0 Å². The Bertz CT molecular complexity index is 1020. The average Bonchev–Trinajstić information content (AvgIpc) is 3.16. The van der Waals surface area contributed by atoms with E-state index in [1.54, 1.807) is 23.1 Å². The molecule has 138 valence electrons. The normalized spacial score (nSPS) is 13.4. The van der Waals surface area contributed by atoms with Gasteiger partial charge in [-0.05, 0) is 42.8 Å². The number of nitrogens with zero attached hydrogens (tertiary/aromatic N) is 3. The molecule has 2 heterocycles. The Labute approximate surface area is 153 Å². The molecule has 0 bridgehead atoms. The molecule has 0 spiro atoms. The van der Waals surface area contributed by atoms with Crippen molar-refractivity contribution in [3.63, 3.8) is 0 Å². The maximum Gasteiger partial charge on any atom is 0.265 e. The molecular formula is C19H15F2N3O3. The SMILES string of the molecule is CCCN1C(=O)COc2ccc(-c3noc(-c4ccc(F)c(F)c4)n3)cc21. The lowest BCUT2D eigenvalue weighted by molar-refractivity contribution is -0.121. The lowest BCUT2D eigenvalue weighted by Crippen LogP contribution is -2.39. The maximum atomic E-state index is 13.4. The molecule has 4 rings (SSSR count). The molecule has 1 aliphatic rings. The van der Waals surface area contributed by atoms with Gasteiger partial charge in [-0.1, -0.05) is 12.1 Å². The molecule has 2 aromatic carbocycles. The van der Waals surface area contributed by atoms with E-state index in [0.717, 1.165) is 18.6 Å². The van der Waals surface area contributed by atoms with Crippen molar-refractivity contribution in [2.24, 2.45) is 0 Å². The predicted molar refractivity (Wildman–Crippen MR) is 93.2 cm³/mol. The molecular weight excluding hydrogens is 356 g/mol. The van der Waals surface area contributed by atoms with Crippen LogP contribution in [0.4, 0.5) is 14.5 Å². The quantitative estimate of drug-likeness (QED) is 0.697. The first-order chi connectivity index (χ1) is 13.1. The van der Waals surface area contributed by atoms with Gasteiger partial charge in [0.15, 0.2) is 18.2 Å². The first-order valence-corrected chi connectivity index (χ1v) is 8.43. The molecule has 1 aliphatic heterocycles. The van der Waals surface area contributed by atoms with Gasteiger partial charge in [0.05, 0.1) is 5.69 Å². The second-order valence-electron chi connectivity index (χ2n) is 6.07. The third kappa shape index (κ3) is 3.14. The minimum absolute atomic E-state index is 0.00877. The third-order valence-electron chi connectivity index (χ3n) is 4.20. The first kappa shape index (κ1) is 17.1. The van der Waals surface area contributed by atoms with Crippen LogP contribution in [0.5, 0.6) is 5.75 Å². The molecule has 1 aromatic heterocycles. The van der Waals surface area contributed by atoms with Gasteiger partial charge in [-0.2, -0.15) is 4.98 Å². The molecule has 0 fully saturated rings. The van der Waals surface area contributed by atoms with Crippen LogP contribution < -0.4 is 9.64 Å². The van der Waals surface area contributed by atoms with Crippen molar-refractivity contribution in [1.82, 2.24) is 10.1 Å². The highest BCUT2D eigenvalue weighted by Crippen LogP contribution is 2.36. The van der Waals surface area contributed by atoms with Gasteiger partial charge >= 0.3 is 0 Å². The molecule has 0 radical (unpaired) electrons. The molecule has 0 saturated carbocycles. The summed E-state index contributed by atoms with van der Waals surface area (Å²) in [6.45, 7) is 2.57. The number of hydrogen-bond acceptors (Lipinski definition) is 5. The Morgan fingerprint density at radius 3 is 2.70 bits per heavy atom. The molecule has 8 heteroatoms. The first-order valence-electron chi connectivity index (χ1n) is 8.43. The van der Waals surface area contributed by atoms with E-state index < -0.39 is 11.6 Å². The fraction of sp³-hybridized carbons (Fsp3) is 0.211. The van der Waals surface area contributed by atoms with Crippen LogP contribution in [0.25, 0.3) is 22.8 Å². The van der Waals surface area contributed by atoms with Gasteiger partial charge in [0.2, 0.25) is 5.82 Å². The van der Waals surface area contributed by atoms with Crippen LogP contribution in [0.1, 0.15) is 13.3 Å². The molecule has 0 saturated heterocycles. The topological polar surface area (TPSA) is 68.5 Å². The predicted octanol–water partition coefficient (Wildman–Crippen LogP) is 3.82. The van der Waals surface area contributed by atoms with Gasteiger partial charge in [-0.15, -0.1) is 0 Å². The number of benzene rings is 2. The van der Waals surface area contributed by atoms with Gasteiger partial charge in [-0.25, -0.2) is 8.78 Å². The molecule has 1 amide bonds. The van der Waals surface area contributed by atoms with E-state index in [2.05, 4.69) is 10.1 Å². The van der Waals surface area contributed by atoms with E-state index in [0.29, 0.717) is 23.5 Å². The molecule has 27 heavy (non-hydrogen) atoms. The number of carbonyl (C=O) groups excluding carboxylic acids is 1. The number of carbonyl (C=O) groups is 1. The molecule has 6 nitrogen and oxygen atoms in total. The molecule has 0 atom stereocenters. The van der Waals surface area contributed by atoms with Gasteiger partial charge in [0, 0.05) is 17.7 Å². The van der Waals surface area contributed by atoms with E-state index in [4.69, 9.17) is 9.26 Å². The minimum atomic E-state index is -0.994. The van der Waals surface area contributed by atoms with Crippen molar-refractivity contribution in [3.8, 4) is 28.6 Å². The zero-order chi connectivity index (χ0) is 19.0. The summed E-state index contributed by atoms with van der Waals surface area (Å²) in [6, 6.07) is 8.60. The van der Waals surface area contributed by atoms with E-state index in [1.165, 1.54) is 6.07 Å². The van der Waals surface area contributed by atoms with E-state index in [1.807, 2.05) is 6.92 Å². The van der Waals surface area contributed by atoms with Crippen LogP contribution in [-0.4, -0.2) is 29.2 Å². The molecule has 0 unspecified atom stereocenters. The summed E-state index contributed by atoms with van der Waals surface area (Å²) in [5.41, 5.74) is 1.53. The number of rotatable bonds is 4. The van der Waals surface area contributed by atoms with E-state index >= 15 is 0 Å².